The molecular weight excluding hydrogens is 332 g/mol. The molecule has 134 valence electrons. The molecule has 2 aliphatic rings. The highest BCUT2D eigenvalue weighted by Gasteiger charge is 2.51. The van der Waals surface area contributed by atoms with E-state index in [4.69, 9.17) is 4.42 Å². The molecule has 4 rings (SSSR count). The van der Waals surface area contributed by atoms with Crippen LogP contribution in [-0.2, 0) is 23.2 Å². The smallest absolute Gasteiger partial charge is 0.325 e. The van der Waals surface area contributed by atoms with Gasteiger partial charge >= 0.3 is 6.03 Å². The van der Waals surface area contributed by atoms with Crippen molar-refractivity contribution in [2.45, 2.75) is 38.6 Å². The van der Waals surface area contributed by atoms with Gasteiger partial charge in [0, 0.05) is 5.56 Å². The molecule has 1 saturated heterocycles. The van der Waals surface area contributed by atoms with Crippen molar-refractivity contribution >= 4 is 17.7 Å². The Balaban J connectivity index is 1.55. The van der Waals surface area contributed by atoms with Crippen LogP contribution in [0.2, 0.25) is 0 Å². The second-order valence-electron chi connectivity index (χ2n) is 7.12. The maximum absolute atomic E-state index is 12.8. The van der Waals surface area contributed by atoms with Crippen LogP contribution in [0, 0.1) is 6.92 Å². The molecule has 1 aliphatic carbocycles. The molecule has 1 aromatic carbocycles. The number of nitrogens with zero attached hydrogens (tertiary/aromatic N) is 1. The Hall–Kier alpha value is -2.89. The minimum absolute atomic E-state index is 0.247. The number of furan rings is 1. The Kier molecular flexibility index (Phi) is 3.72. The first kappa shape index (κ1) is 16.6. The van der Waals surface area contributed by atoms with Crippen LogP contribution >= 0.6 is 0 Å². The molecule has 0 unspecified atom stereocenters. The number of hydrogen-bond acceptors (Lipinski definition) is 4. The second kappa shape index (κ2) is 5.83. The zero-order valence-corrected chi connectivity index (χ0v) is 14.8. The highest BCUT2D eigenvalue weighted by atomic mass is 16.3. The van der Waals surface area contributed by atoms with Crippen LogP contribution < -0.4 is 5.32 Å². The van der Waals surface area contributed by atoms with Crippen molar-refractivity contribution in [2.24, 2.45) is 0 Å². The first-order valence-electron chi connectivity index (χ1n) is 8.74. The van der Waals surface area contributed by atoms with Gasteiger partial charge in [-0.25, -0.2) is 4.79 Å². The summed E-state index contributed by atoms with van der Waals surface area (Å²) in [4.78, 5) is 38.8. The van der Waals surface area contributed by atoms with E-state index in [1.165, 1.54) is 11.1 Å². The van der Waals surface area contributed by atoms with Gasteiger partial charge in [-0.05, 0) is 62.4 Å². The van der Waals surface area contributed by atoms with E-state index in [1.54, 1.807) is 32.0 Å². The number of rotatable bonds is 4. The van der Waals surface area contributed by atoms with E-state index < -0.39 is 17.5 Å². The first-order chi connectivity index (χ1) is 12.4. The van der Waals surface area contributed by atoms with Crippen molar-refractivity contribution in [1.82, 2.24) is 10.2 Å². The Labute approximate surface area is 151 Å². The third kappa shape index (κ3) is 2.53. The van der Waals surface area contributed by atoms with Gasteiger partial charge in [-0.1, -0.05) is 12.1 Å². The van der Waals surface area contributed by atoms with Gasteiger partial charge in [-0.15, -0.1) is 0 Å². The monoisotopic (exact) mass is 352 g/mol. The molecule has 1 fully saturated rings. The van der Waals surface area contributed by atoms with Crippen molar-refractivity contribution in [1.29, 1.82) is 0 Å². The average molecular weight is 352 g/mol. The van der Waals surface area contributed by atoms with E-state index in [9.17, 15) is 14.4 Å². The minimum Gasteiger partial charge on any atom is -0.463 e. The van der Waals surface area contributed by atoms with Crippen molar-refractivity contribution in [3.8, 4) is 0 Å². The standard InChI is InChI=1S/C20H20N2O4/c1-12-6-9-17(26-12)20(2)18(24)22(19(25)21-20)11-16(23)15-8-7-13-4-3-5-14(13)10-15/h6-10H,3-5,11H2,1-2H3,(H,21,25)/t20-/m1/s1. The zero-order chi connectivity index (χ0) is 18.5. The number of hydrogen-bond donors (Lipinski definition) is 1. The summed E-state index contributed by atoms with van der Waals surface area (Å²) in [7, 11) is 0. The molecule has 0 bridgehead atoms. The number of ketones is 1. The first-order valence-corrected chi connectivity index (χ1v) is 8.74. The molecule has 6 heteroatoms. The van der Waals surface area contributed by atoms with Crippen LogP contribution in [0.5, 0.6) is 0 Å². The Morgan fingerprint density at radius 2 is 1.96 bits per heavy atom. The van der Waals surface area contributed by atoms with E-state index >= 15 is 0 Å². The van der Waals surface area contributed by atoms with Crippen molar-refractivity contribution in [3.05, 3.63) is 58.5 Å². The highest BCUT2D eigenvalue weighted by Crippen LogP contribution is 2.30. The van der Waals surface area contributed by atoms with Crippen LogP contribution in [0.4, 0.5) is 4.79 Å². The maximum Gasteiger partial charge on any atom is 0.325 e. The molecule has 1 atom stereocenters. The van der Waals surface area contributed by atoms with E-state index in [-0.39, 0.29) is 12.3 Å². The Bertz CT molecular complexity index is 930. The SMILES string of the molecule is Cc1ccc([C@@]2(C)NC(=O)N(CC(=O)c3ccc4c(c3)CCC4)C2=O)o1. The predicted molar refractivity (Wildman–Crippen MR) is 93.8 cm³/mol. The summed E-state index contributed by atoms with van der Waals surface area (Å²) in [6.45, 7) is 3.08. The number of imide groups is 1. The predicted octanol–water partition coefficient (Wildman–Crippen LogP) is 2.73. The molecule has 6 nitrogen and oxygen atoms in total. The van der Waals surface area contributed by atoms with Crippen LogP contribution in [0.1, 0.15) is 46.3 Å². The fourth-order valence-corrected chi connectivity index (χ4v) is 3.69. The summed E-state index contributed by atoms with van der Waals surface area (Å²) in [6.07, 6.45) is 3.11. The molecule has 0 saturated carbocycles. The van der Waals surface area contributed by atoms with Gasteiger partial charge in [0.2, 0.25) is 0 Å². The lowest BCUT2D eigenvalue weighted by molar-refractivity contribution is -0.131. The van der Waals surface area contributed by atoms with E-state index in [0.29, 0.717) is 17.1 Å². The fraction of sp³-hybridized carbons (Fsp3) is 0.350. The van der Waals surface area contributed by atoms with Gasteiger partial charge in [-0.3, -0.25) is 14.5 Å². The number of carbonyl (C=O) groups is 3. The number of carbonyl (C=O) groups excluding carboxylic acids is 3. The summed E-state index contributed by atoms with van der Waals surface area (Å²) >= 11 is 0. The molecule has 2 aromatic rings. The van der Waals surface area contributed by atoms with Gasteiger partial charge in [0.1, 0.15) is 11.5 Å². The largest absolute Gasteiger partial charge is 0.463 e. The fourth-order valence-electron chi connectivity index (χ4n) is 3.69. The topological polar surface area (TPSA) is 79.6 Å². The molecule has 1 aliphatic heterocycles. The van der Waals surface area contributed by atoms with Gasteiger partial charge in [0.25, 0.3) is 5.91 Å². The normalized spacial score (nSPS) is 21.8. The van der Waals surface area contributed by atoms with Crippen molar-refractivity contribution in [3.63, 3.8) is 0 Å². The second-order valence-corrected chi connectivity index (χ2v) is 7.12. The maximum atomic E-state index is 12.8. The lowest BCUT2D eigenvalue weighted by atomic mass is 9.99. The molecule has 1 aromatic heterocycles. The lowest BCUT2D eigenvalue weighted by Crippen LogP contribution is -2.41. The molecule has 3 amide bonds. The van der Waals surface area contributed by atoms with Gasteiger partial charge < -0.3 is 9.73 Å². The summed E-state index contributed by atoms with van der Waals surface area (Å²) in [5.74, 6) is 0.284. The number of benzene rings is 1. The van der Waals surface area contributed by atoms with Gasteiger partial charge in [0.15, 0.2) is 11.3 Å². The summed E-state index contributed by atoms with van der Waals surface area (Å²) in [5, 5.41) is 2.65. The summed E-state index contributed by atoms with van der Waals surface area (Å²) in [5.41, 5.74) is 1.71. The van der Waals surface area contributed by atoms with Crippen molar-refractivity contribution < 1.29 is 18.8 Å². The number of fused-ring (bicyclic) bond motifs is 1. The quantitative estimate of drug-likeness (QED) is 0.678. The molecule has 26 heavy (non-hydrogen) atoms. The lowest BCUT2D eigenvalue weighted by Gasteiger charge is -2.19. The highest BCUT2D eigenvalue weighted by molar-refractivity contribution is 6.11. The zero-order valence-electron chi connectivity index (χ0n) is 14.8. The molecule has 1 N–H and O–H groups in total. The number of Topliss-reactive ketones (excluding diaryl/α,β-unsaturated/α-hetero) is 1. The summed E-state index contributed by atoms with van der Waals surface area (Å²) in [6, 6.07) is 8.45. The number of nitrogens with one attached hydrogen (secondary N) is 1. The molecule has 2 heterocycles. The molecule has 0 radical (unpaired) electrons. The van der Waals surface area contributed by atoms with Crippen LogP contribution in [0.3, 0.4) is 0 Å². The Morgan fingerprint density at radius 1 is 1.19 bits per heavy atom. The molecule has 0 spiro atoms. The van der Waals surface area contributed by atoms with E-state index in [2.05, 4.69) is 5.32 Å². The number of aryl methyl sites for hydroxylation is 3. The molecular formula is C20H20N2O4. The van der Waals surface area contributed by atoms with Crippen LogP contribution in [0.15, 0.2) is 34.7 Å². The average Bonchev–Trinajstić information content (AvgIpc) is 3.30. The van der Waals surface area contributed by atoms with Gasteiger partial charge in [0.05, 0.1) is 6.54 Å². The third-order valence-corrected chi connectivity index (χ3v) is 5.23. The van der Waals surface area contributed by atoms with E-state index in [0.717, 1.165) is 24.2 Å². The number of urea groups is 1. The van der Waals surface area contributed by atoms with Gasteiger partial charge in [-0.2, -0.15) is 0 Å². The van der Waals surface area contributed by atoms with Crippen LogP contribution in [-0.4, -0.2) is 29.2 Å². The van der Waals surface area contributed by atoms with Crippen molar-refractivity contribution in [2.75, 3.05) is 6.54 Å². The third-order valence-electron chi connectivity index (χ3n) is 5.23. The Morgan fingerprint density at radius 3 is 2.69 bits per heavy atom. The van der Waals surface area contributed by atoms with Crippen LogP contribution in [0.25, 0.3) is 0 Å². The van der Waals surface area contributed by atoms with E-state index in [1.807, 2.05) is 12.1 Å². The number of amides is 3. The summed E-state index contributed by atoms with van der Waals surface area (Å²) < 4.78 is 5.53. The minimum atomic E-state index is -1.29.